The zero-order valence-corrected chi connectivity index (χ0v) is 18.3. The normalized spacial score (nSPS) is 11.1. The zero-order chi connectivity index (χ0) is 23.4. The van der Waals surface area contributed by atoms with Crippen molar-refractivity contribution in [2.75, 3.05) is 0 Å². The number of fused-ring (bicyclic) bond motifs is 1. The van der Waals surface area contributed by atoms with E-state index in [4.69, 9.17) is 11.6 Å². The summed E-state index contributed by atoms with van der Waals surface area (Å²) in [6, 6.07) is 17.5. The molecule has 11 heteroatoms. The molecule has 0 aliphatic rings. The van der Waals surface area contributed by atoms with Crippen LogP contribution < -0.4 is 11.0 Å². The minimum absolute atomic E-state index is 0.0606. The highest BCUT2D eigenvalue weighted by Gasteiger charge is 2.14. The van der Waals surface area contributed by atoms with Crippen molar-refractivity contribution >= 4 is 46.8 Å². The topological polar surface area (TPSA) is 119 Å². The van der Waals surface area contributed by atoms with E-state index in [0.29, 0.717) is 15.7 Å². The number of pyridine rings is 1. The standard InChI is InChI=1S/C22H14ClN5O4S/c23-15-7-9-17(10-8-15)33-21-18(22(30)27-11-2-1-6-19(27)25-21)13-24-26-20(29)14-4-3-5-16(12-14)28(31)32/h1-13H,(H,26,29)/b24-13+. The minimum atomic E-state index is -0.657. The van der Waals surface area contributed by atoms with E-state index in [1.54, 1.807) is 48.7 Å². The van der Waals surface area contributed by atoms with Crippen LogP contribution in [0.4, 0.5) is 5.69 Å². The highest BCUT2D eigenvalue weighted by molar-refractivity contribution is 7.99. The van der Waals surface area contributed by atoms with Gasteiger partial charge >= 0.3 is 0 Å². The van der Waals surface area contributed by atoms with E-state index in [9.17, 15) is 19.7 Å². The Morgan fingerprint density at radius 1 is 1.15 bits per heavy atom. The van der Waals surface area contributed by atoms with Crippen LogP contribution in [0.25, 0.3) is 5.65 Å². The molecule has 4 aromatic rings. The highest BCUT2D eigenvalue weighted by Crippen LogP contribution is 2.28. The third kappa shape index (κ3) is 5.08. The summed E-state index contributed by atoms with van der Waals surface area (Å²) in [5, 5.41) is 15.8. The zero-order valence-electron chi connectivity index (χ0n) is 16.7. The average molecular weight is 480 g/mol. The molecule has 0 fully saturated rings. The molecule has 1 amide bonds. The molecule has 0 saturated carbocycles. The van der Waals surface area contributed by atoms with E-state index < -0.39 is 10.8 Å². The molecule has 9 nitrogen and oxygen atoms in total. The van der Waals surface area contributed by atoms with E-state index in [1.165, 1.54) is 40.6 Å². The number of rotatable bonds is 6. The SMILES string of the molecule is O=C(N/N=C/c1c(Sc2ccc(Cl)cc2)nc2ccccn2c1=O)c1cccc([N+](=O)[O-])c1. The van der Waals surface area contributed by atoms with Crippen molar-refractivity contribution in [1.82, 2.24) is 14.8 Å². The number of carbonyl (C=O) groups excluding carboxylic acids is 1. The summed E-state index contributed by atoms with van der Waals surface area (Å²) in [6.07, 6.45) is 2.79. The summed E-state index contributed by atoms with van der Waals surface area (Å²) >= 11 is 7.20. The summed E-state index contributed by atoms with van der Waals surface area (Å²) in [5.74, 6) is -0.657. The van der Waals surface area contributed by atoms with Gasteiger partial charge in [0.1, 0.15) is 10.7 Å². The summed E-state index contributed by atoms with van der Waals surface area (Å²) in [5.41, 5.74) is 2.39. The number of nitro groups is 1. The van der Waals surface area contributed by atoms with Crippen molar-refractivity contribution in [2.45, 2.75) is 9.92 Å². The lowest BCUT2D eigenvalue weighted by Gasteiger charge is -2.08. The second-order valence-electron chi connectivity index (χ2n) is 6.63. The smallest absolute Gasteiger partial charge is 0.268 e. The maximum absolute atomic E-state index is 13.1. The molecule has 2 aromatic heterocycles. The third-order valence-electron chi connectivity index (χ3n) is 4.44. The molecule has 2 heterocycles. The summed E-state index contributed by atoms with van der Waals surface area (Å²) in [6.45, 7) is 0. The molecule has 164 valence electrons. The molecule has 2 aromatic carbocycles. The van der Waals surface area contributed by atoms with Gasteiger partial charge < -0.3 is 0 Å². The number of nitro benzene ring substituents is 1. The molecule has 0 bridgehead atoms. The van der Waals surface area contributed by atoms with Crippen LogP contribution >= 0.6 is 23.4 Å². The Kier molecular flexibility index (Phi) is 6.48. The van der Waals surface area contributed by atoms with Gasteiger partial charge in [-0.15, -0.1) is 0 Å². The van der Waals surface area contributed by atoms with E-state index >= 15 is 0 Å². The van der Waals surface area contributed by atoms with E-state index in [2.05, 4.69) is 15.5 Å². The van der Waals surface area contributed by atoms with Crippen molar-refractivity contribution in [2.24, 2.45) is 5.10 Å². The van der Waals surface area contributed by atoms with Gasteiger partial charge in [-0.25, -0.2) is 10.4 Å². The first-order valence-corrected chi connectivity index (χ1v) is 10.6. The molecule has 0 radical (unpaired) electrons. The number of halogens is 1. The van der Waals surface area contributed by atoms with Crippen molar-refractivity contribution in [1.29, 1.82) is 0 Å². The van der Waals surface area contributed by atoms with Crippen LogP contribution in [0.1, 0.15) is 15.9 Å². The maximum atomic E-state index is 13.1. The van der Waals surface area contributed by atoms with Crippen LogP contribution in [0.15, 0.2) is 92.7 Å². The first-order valence-electron chi connectivity index (χ1n) is 9.45. The van der Waals surface area contributed by atoms with E-state index in [-0.39, 0.29) is 22.4 Å². The second kappa shape index (κ2) is 9.63. The first-order chi connectivity index (χ1) is 15.9. The fourth-order valence-corrected chi connectivity index (χ4v) is 3.88. The molecule has 33 heavy (non-hydrogen) atoms. The monoisotopic (exact) mass is 479 g/mol. The Hall–Kier alpha value is -4.02. The van der Waals surface area contributed by atoms with Crippen LogP contribution in [0.3, 0.4) is 0 Å². The molecule has 0 saturated heterocycles. The molecular formula is C22H14ClN5O4S. The molecule has 1 N–H and O–H groups in total. The predicted molar refractivity (Wildman–Crippen MR) is 125 cm³/mol. The summed E-state index contributed by atoms with van der Waals surface area (Å²) < 4.78 is 1.37. The number of nitrogens with zero attached hydrogens (tertiary/aromatic N) is 4. The number of hydrazone groups is 1. The Bertz CT molecular complexity index is 1450. The second-order valence-corrected chi connectivity index (χ2v) is 8.13. The summed E-state index contributed by atoms with van der Waals surface area (Å²) in [7, 11) is 0. The van der Waals surface area contributed by atoms with Gasteiger partial charge in [-0.1, -0.05) is 35.5 Å². The number of nitrogens with one attached hydrogen (secondary N) is 1. The first kappa shape index (κ1) is 22.2. The quantitative estimate of drug-likeness (QED) is 0.192. The summed E-state index contributed by atoms with van der Waals surface area (Å²) in [4.78, 5) is 41.1. The van der Waals surface area contributed by atoms with Crippen LogP contribution in [0.5, 0.6) is 0 Å². The van der Waals surface area contributed by atoms with Gasteiger partial charge in [0, 0.05) is 33.8 Å². The predicted octanol–water partition coefficient (Wildman–Crippen LogP) is 4.17. The molecule has 0 atom stereocenters. The van der Waals surface area contributed by atoms with Crippen molar-refractivity contribution < 1.29 is 9.72 Å². The maximum Gasteiger partial charge on any atom is 0.271 e. The van der Waals surface area contributed by atoms with Gasteiger partial charge in [0.25, 0.3) is 17.2 Å². The molecule has 0 spiro atoms. The number of carbonyl (C=O) groups is 1. The van der Waals surface area contributed by atoms with Crippen molar-refractivity contribution in [3.05, 3.63) is 110 Å². The lowest BCUT2D eigenvalue weighted by atomic mass is 10.2. The minimum Gasteiger partial charge on any atom is -0.268 e. The number of aromatic nitrogens is 2. The fourth-order valence-electron chi connectivity index (χ4n) is 2.87. The van der Waals surface area contributed by atoms with Gasteiger partial charge in [0.15, 0.2) is 0 Å². The van der Waals surface area contributed by atoms with E-state index in [0.717, 1.165) is 11.0 Å². The molecule has 0 unspecified atom stereocenters. The van der Waals surface area contributed by atoms with Gasteiger partial charge in [0.2, 0.25) is 0 Å². The highest BCUT2D eigenvalue weighted by atomic mass is 35.5. The average Bonchev–Trinajstić information content (AvgIpc) is 2.82. The van der Waals surface area contributed by atoms with Gasteiger partial charge in [-0.3, -0.25) is 24.1 Å². The van der Waals surface area contributed by atoms with Crippen LogP contribution in [0.2, 0.25) is 5.02 Å². The Balaban J connectivity index is 1.66. The van der Waals surface area contributed by atoms with Gasteiger partial charge in [0.05, 0.1) is 16.7 Å². The Labute approximate surface area is 195 Å². The molecule has 4 rings (SSSR count). The number of amides is 1. The molecular weight excluding hydrogens is 466 g/mol. The molecule has 0 aliphatic heterocycles. The van der Waals surface area contributed by atoms with Crippen LogP contribution in [-0.4, -0.2) is 26.4 Å². The number of non-ortho nitro benzene ring substituents is 1. The fraction of sp³-hybridized carbons (Fsp3) is 0. The van der Waals surface area contributed by atoms with Crippen molar-refractivity contribution in [3.63, 3.8) is 0 Å². The third-order valence-corrected chi connectivity index (χ3v) is 5.71. The van der Waals surface area contributed by atoms with E-state index in [1.807, 2.05) is 0 Å². The lowest BCUT2D eigenvalue weighted by Crippen LogP contribution is -2.23. The lowest BCUT2D eigenvalue weighted by molar-refractivity contribution is -0.384. The van der Waals surface area contributed by atoms with Gasteiger partial charge in [-0.05, 0) is 42.5 Å². The largest absolute Gasteiger partial charge is 0.271 e. The number of benzene rings is 2. The molecule has 0 aliphatic carbocycles. The van der Waals surface area contributed by atoms with Gasteiger partial charge in [-0.2, -0.15) is 5.10 Å². The van der Waals surface area contributed by atoms with Crippen LogP contribution in [-0.2, 0) is 0 Å². The number of hydrogen-bond donors (Lipinski definition) is 1. The van der Waals surface area contributed by atoms with Crippen molar-refractivity contribution in [3.8, 4) is 0 Å². The Morgan fingerprint density at radius 3 is 2.70 bits per heavy atom. The number of hydrogen-bond acceptors (Lipinski definition) is 7. The Morgan fingerprint density at radius 2 is 1.94 bits per heavy atom. The van der Waals surface area contributed by atoms with Crippen LogP contribution in [0, 0.1) is 10.1 Å².